The van der Waals surface area contributed by atoms with Crippen LogP contribution >= 0.6 is 0 Å². The van der Waals surface area contributed by atoms with Crippen molar-refractivity contribution in [2.24, 2.45) is 0 Å². The van der Waals surface area contributed by atoms with Crippen LogP contribution in [0, 0.1) is 22.7 Å². The molecule has 6 heteroatoms. The van der Waals surface area contributed by atoms with Crippen LogP contribution in [0.4, 0.5) is 22.7 Å². The summed E-state index contributed by atoms with van der Waals surface area (Å²) in [7, 11) is 0. The first-order valence-corrected chi connectivity index (χ1v) is 9.40. The third-order valence-corrected chi connectivity index (χ3v) is 5.06. The first kappa shape index (κ1) is 17.4. The van der Waals surface area contributed by atoms with Crippen LogP contribution in [0.2, 0.25) is 0 Å². The quantitative estimate of drug-likeness (QED) is 0.309. The van der Waals surface area contributed by atoms with E-state index in [2.05, 4.69) is 32.7 Å². The number of hydrogen-bond donors (Lipinski definition) is 4. The Morgan fingerprint density at radius 1 is 0.600 bits per heavy atom. The van der Waals surface area contributed by atoms with E-state index in [1.54, 1.807) is 12.1 Å². The lowest BCUT2D eigenvalue weighted by atomic mass is 10.1. The van der Waals surface area contributed by atoms with E-state index in [1.165, 1.54) is 0 Å². The van der Waals surface area contributed by atoms with Gasteiger partial charge in [0, 0.05) is 45.6 Å². The number of nitrogens with zero attached hydrogens (tertiary/aromatic N) is 2. The summed E-state index contributed by atoms with van der Waals surface area (Å²) in [6.07, 6.45) is 3.77. The fourth-order valence-electron chi connectivity index (χ4n) is 3.56. The Kier molecular flexibility index (Phi) is 4.09. The molecular weight excluding hydrogens is 372 g/mol. The Hall–Kier alpha value is -4.68. The van der Waals surface area contributed by atoms with Gasteiger partial charge in [0.05, 0.1) is 22.5 Å². The fraction of sp³-hybridized carbons (Fsp3) is 0. The van der Waals surface area contributed by atoms with Crippen molar-refractivity contribution in [3.8, 4) is 12.1 Å². The van der Waals surface area contributed by atoms with E-state index in [0.29, 0.717) is 22.5 Å². The summed E-state index contributed by atoms with van der Waals surface area (Å²) in [5, 5.41) is 28.1. The zero-order valence-electron chi connectivity index (χ0n) is 15.8. The Morgan fingerprint density at radius 2 is 1.07 bits per heavy atom. The van der Waals surface area contributed by atoms with Gasteiger partial charge in [-0.1, -0.05) is 0 Å². The maximum absolute atomic E-state index is 9.69. The van der Waals surface area contributed by atoms with Crippen LogP contribution in [0.1, 0.15) is 11.1 Å². The Morgan fingerprint density at radius 3 is 1.50 bits per heavy atom. The van der Waals surface area contributed by atoms with Gasteiger partial charge in [-0.25, -0.2) is 0 Å². The van der Waals surface area contributed by atoms with Gasteiger partial charge in [0.1, 0.15) is 12.1 Å². The number of hydrogen-bond acceptors (Lipinski definition) is 4. The number of anilines is 4. The van der Waals surface area contributed by atoms with Crippen molar-refractivity contribution in [2.45, 2.75) is 0 Å². The fourth-order valence-corrected chi connectivity index (χ4v) is 3.56. The summed E-state index contributed by atoms with van der Waals surface area (Å²) in [6.45, 7) is 0. The van der Waals surface area contributed by atoms with Crippen LogP contribution in [0.15, 0.2) is 73.1 Å². The van der Waals surface area contributed by atoms with Crippen molar-refractivity contribution in [1.29, 1.82) is 10.5 Å². The minimum Gasteiger partial charge on any atom is -0.361 e. The number of benzene rings is 3. The SMILES string of the molecule is N#Cc1cc(Nc2ccc3[nH]ccc3c2)c(C#N)cc1Nc1ccc2[nH]ccc2c1. The third kappa shape index (κ3) is 3.09. The molecule has 142 valence electrons. The van der Waals surface area contributed by atoms with E-state index in [-0.39, 0.29) is 0 Å². The number of aromatic nitrogens is 2. The molecule has 2 heterocycles. The van der Waals surface area contributed by atoms with Crippen molar-refractivity contribution in [1.82, 2.24) is 9.97 Å². The van der Waals surface area contributed by atoms with Gasteiger partial charge in [0.25, 0.3) is 0 Å². The largest absolute Gasteiger partial charge is 0.361 e. The monoisotopic (exact) mass is 388 g/mol. The minimum atomic E-state index is 0.452. The van der Waals surface area contributed by atoms with Gasteiger partial charge in [0.15, 0.2) is 0 Å². The van der Waals surface area contributed by atoms with Crippen molar-refractivity contribution < 1.29 is 0 Å². The number of nitrogens with one attached hydrogen (secondary N) is 4. The molecule has 4 N–H and O–H groups in total. The molecule has 30 heavy (non-hydrogen) atoms. The van der Waals surface area contributed by atoms with Crippen molar-refractivity contribution in [2.75, 3.05) is 10.6 Å². The predicted molar refractivity (Wildman–Crippen MR) is 119 cm³/mol. The highest BCUT2D eigenvalue weighted by Crippen LogP contribution is 2.31. The maximum atomic E-state index is 9.69. The molecule has 3 aromatic carbocycles. The number of H-pyrrole nitrogens is 2. The highest BCUT2D eigenvalue weighted by atomic mass is 14.9. The molecule has 0 bridgehead atoms. The first-order valence-electron chi connectivity index (χ1n) is 9.40. The van der Waals surface area contributed by atoms with Crippen LogP contribution < -0.4 is 10.6 Å². The molecule has 2 aromatic heterocycles. The van der Waals surface area contributed by atoms with Crippen LogP contribution in [0.5, 0.6) is 0 Å². The van der Waals surface area contributed by atoms with E-state index in [1.807, 2.05) is 60.9 Å². The molecule has 0 unspecified atom stereocenters. The second-order valence-corrected chi connectivity index (χ2v) is 6.98. The zero-order valence-corrected chi connectivity index (χ0v) is 15.8. The van der Waals surface area contributed by atoms with Crippen molar-refractivity contribution in [3.63, 3.8) is 0 Å². The van der Waals surface area contributed by atoms with Crippen LogP contribution in [0.25, 0.3) is 21.8 Å². The number of fused-ring (bicyclic) bond motifs is 2. The normalized spacial score (nSPS) is 10.6. The summed E-state index contributed by atoms with van der Waals surface area (Å²) in [6, 6.07) is 23.7. The molecule has 6 nitrogen and oxygen atoms in total. The summed E-state index contributed by atoms with van der Waals surface area (Å²) in [5.41, 5.74) is 5.87. The smallest absolute Gasteiger partial charge is 0.101 e. The topological polar surface area (TPSA) is 103 Å². The number of nitriles is 2. The Balaban J connectivity index is 1.50. The molecule has 5 rings (SSSR count). The summed E-state index contributed by atoms with van der Waals surface area (Å²) in [4.78, 5) is 6.32. The van der Waals surface area contributed by atoms with Crippen LogP contribution in [-0.4, -0.2) is 9.97 Å². The van der Waals surface area contributed by atoms with E-state index < -0.39 is 0 Å². The second kappa shape index (κ2) is 7.05. The molecule has 0 spiro atoms. The van der Waals surface area contributed by atoms with Gasteiger partial charge in [-0.15, -0.1) is 0 Å². The molecular formula is C24H16N6. The van der Waals surface area contributed by atoms with E-state index in [9.17, 15) is 10.5 Å². The van der Waals surface area contributed by atoms with Gasteiger partial charge in [0.2, 0.25) is 0 Å². The minimum absolute atomic E-state index is 0.452. The standard InChI is InChI=1S/C24H16N6/c25-13-17-12-24(30-20-2-4-22-16(10-20)6-8-28-22)18(14-26)11-23(17)29-19-1-3-21-15(9-19)5-7-27-21/h1-12,27-30H. The van der Waals surface area contributed by atoms with Crippen molar-refractivity contribution in [3.05, 3.63) is 84.2 Å². The molecule has 0 aliphatic rings. The van der Waals surface area contributed by atoms with E-state index >= 15 is 0 Å². The third-order valence-electron chi connectivity index (χ3n) is 5.06. The number of aromatic amines is 2. The highest BCUT2D eigenvalue weighted by Gasteiger charge is 2.11. The lowest BCUT2D eigenvalue weighted by Gasteiger charge is -2.14. The van der Waals surface area contributed by atoms with Crippen molar-refractivity contribution >= 4 is 44.6 Å². The van der Waals surface area contributed by atoms with E-state index in [0.717, 1.165) is 33.2 Å². The van der Waals surface area contributed by atoms with Gasteiger partial charge < -0.3 is 20.6 Å². The van der Waals surface area contributed by atoms with E-state index in [4.69, 9.17) is 0 Å². The number of rotatable bonds is 4. The zero-order chi connectivity index (χ0) is 20.5. The summed E-state index contributed by atoms with van der Waals surface area (Å²) in [5.74, 6) is 0. The molecule has 0 radical (unpaired) electrons. The molecule has 0 aliphatic heterocycles. The van der Waals surface area contributed by atoms with Crippen LogP contribution in [-0.2, 0) is 0 Å². The molecule has 0 amide bonds. The Bertz CT molecular complexity index is 1360. The average Bonchev–Trinajstić information content (AvgIpc) is 3.42. The summed E-state index contributed by atoms with van der Waals surface area (Å²) < 4.78 is 0. The average molecular weight is 388 g/mol. The maximum Gasteiger partial charge on any atom is 0.101 e. The molecule has 0 aliphatic carbocycles. The lowest BCUT2D eigenvalue weighted by Crippen LogP contribution is -1.99. The molecule has 0 atom stereocenters. The van der Waals surface area contributed by atoms with Gasteiger partial charge in [-0.3, -0.25) is 0 Å². The van der Waals surface area contributed by atoms with Gasteiger partial charge in [-0.05, 0) is 60.7 Å². The second-order valence-electron chi connectivity index (χ2n) is 6.98. The molecule has 0 saturated carbocycles. The highest BCUT2D eigenvalue weighted by molar-refractivity contribution is 5.87. The van der Waals surface area contributed by atoms with Crippen LogP contribution in [0.3, 0.4) is 0 Å². The Labute approximate surface area is 172 Å². The summed E-state index contributed by atoms with van der Waals surface area (Å²) >= 11 is 0. The first-order chi connectivity index (χ1) is 14.7. The van der Waals surface area contributed by atoms with Gasteiger partial charge in [-0.2, -0.15) is 10.5 Å². The molecule has 0 fully saturated rings. The lowest BCUT2D eigenvalue weighted by molar-refractivity contribution is 1.42. The molecule has 5 aromatic rings. The van der Waals surface area contributed by atoms with Gasteiger partial charge >= 0.3 is 0 Å². The predicted octanol–water partition coefficient (Wildman–Crippen LogP) is 5.88. The molecule has 0 saturated heterocycles.